The van der Waals surface area contributed by atoms with E-state index in [-0.39, 0.29) is 23.4 Å². The van der Waals surface area contributed by atoms with Gasteiger partial charge in [0.25, 0.3) is 11.1 Å². The minimum Gasteiger partial charge on any atom is -0.306 e. The second-order valence-electron chi connectivity index (χ2n) is 6.64. The Hall–Kier alpha value is -3.55. The Bertz CT molecular complexity index is 1390. The molecule has 0 aliphatic heterocycles. The van der Waals surface area contributed by atoms with E-state index in [0.717, 1.165) is 20.9 Å². The first kappa shape index (κ1) is 17.8. The molecule has 8 heteroatoms. The Morgan fingerprint density at radius 2 is 1.82 bits per heavy atom. The van der Waals surface area contributed by atoms with E-state index >= 15 is 0 Å². The summed E-state index contributed by atoms with van der Waals surface area (Å²) < 4.78 is 15.8. The van der Waals surface area contributed by atoms with Crippen molar-refractivity contribution in [3.8, 4) is 0 Å². The lowest BCUT2D eigenvalue weighted by Gasteiger charge is -2.13. The Morgan fingerprint density at radius 1 is 1.11 bits per heavy atom. The van der Waals surface area contributed by atoms with Gasteiger partial charge in [-0.05, 0) is 23.3 Å². The van der Waals surface area contributed by atoms with Gasteiger partial charge >= 0.3 is 5.69 Å². The molecule has 0 spiro atoms. The minimum absolute atomic E-state index is 0.0695. The van der Waals surface area contributed by atoms with Gasteiger partial charge in [0.15, 0.2) is 11.7 Å². The average molecular weight is 380 g/mol. The molecular formula is C20H17FN4O3. The van der Waals surface area contributed by atoms with Crippen LogP contribution in [0, 0.1) is 0 Å². The number of benzene rings is 2. The Balaban J connectivity index is 2.05. The molecule has 1 N–H and O–H groups in total. The molecule has 2 aromatic carbocycles. The van der Waals surface area contributed by atoms with Crippen LogP contribution in [-0.4, -0.2) is 19.1 Å². The molecule has 0 aliphatic carbocycles. The van der Waals surface area contributed by atoms with E-state index in [1.807, 2.05) is 42.5 Å². The van der Waals surface area contributed by atoms with E-state index in [1.165, 1.54) is 18.5 Å². The Morgan fingerprint density at radius 3 is 2.57 bits per heavy atom. The van der Waals surface area contributed by atoms with Crippen LogP contribution in [0.2, 0.25) is 0 Å². The molecule has 1 unspecified atom stereocenters. The molecule has 0 saturated heterocycles. The van der Waals surface area contributed by atoms with E-state index in [9.17, 15) is 18.8 Å². The highest BCUT2D eigenvalue weighted by molar-refractivity contribution is 5.85. The number of alkyl halides is 1. The molecule has 0 amide bonds. The third-order valence-corrected chi connectivity index (χ3v) is 4.79. The van der Waals surface area contributed by atoms with Crippen molar-refractivity contribution in [1.29, 1.82) is 0 Å². The topological polar surface area (TPSA) is 89.8 Å². The SMILES string of the molecule is CC(F)c1nc2c(=O)n(C)c(=O)n(Cc3cccc4ccccc34)c2c(=O)[nH]1. The van der Waals surface area contributed by atoms with Crippen molar-refractivity contribution in [3.05, 3.63) is 85.0 Å². The molecule has 1 atom stereocenters. The lowest BCUT2D eigenvalue weighted by Crippen LogP contribution is -2.41. The van der Waals surface area contributed by atoms with Gasteiger partial charge in [-0.3, -0.25) is 18.7 Å². The summed E-state index contributed by atoms with van der Waals surface area (Å²) in [5.74, 6) is -0.245. The van der Waals surface area contributed by atoms with Crippen LogP contribution < -0.4 is 16.8 Å². The van der Waals surface area contributed by atoms with Crippen LogP contribution >= 0.6 is 0 Å². The molecule has 142 valence electrons. The second-order valence-corrected chi connectivity index (χ2v) is 6.64. The molecule has 0 aliphatic rings. The number of fused-ring (bicyclic) bond motifs is 2. The van der Waals surface area contributed by atoms with Gasteiger partial charge in [-0.15, -0.1) is 0 Å². The zero-order valence-corrected chi connectivity index (χ0v) is 15.3. The monoisotopic (exact) mass is 380 g/mol. The van der Waals surface area contributed by atoms with Crippen LogP contribution in [0.3, 0.4) is 0 Å². The number of rotatable bonds is 3. The van der Waals surface area contributed by atoms with Crippen molar-refractivity contribution in [2.24, 2.45) is 7.05 Å². The molecule has 0 saturated carbocycles. The first-order valence-electron chi connectivity index (χ1n) is 8.73. The Kier molecular flexibility index (Phi) is 4.18. The number of nitrogens with one attached hydrogen (secondary N) is 1. The van der Waals surface area contributed by atoms with Crippen LogP contribution in [0.4, 0.5) is 4.39 Å². The summed E-state index contributed by atoms with van der Waals surface area (Å²) in [6.07, 6.45) is -1.56. The van der Waals surface area contributed by atoms with E-state index in [1.54, 1.807) is 0 Å². The fourth-order valence-electron chi connectivity index (χ4n) is 3.34. The predicted octanol–water partition coefficient (Wildman–Crippen LogP) is 2.02. The molecular weight excluding hydrogens is 363 g/mol. The first-order valence-corrected chi connectivity index (χ1v) is 8.73. The summed E-state index contributed by atoms with van der Waals surface area (Å²) in [5.41, 5.74) is -1.68. The third kappa shape index (κ3) is 2.74. The van der Waals surface area contributed by atoms with Gasteiger partial charge in [-0.1, -0.05) is 42.5 Å². The third-order valence-electron chi connectivity index (χ3n) is 4.79. The van der Waals surface area contributed by atoms with Crippen molar-refractivity contribution >= 4 is 21.8 Å². The van der Waals surface area contributed by atoms with Gasteiger partial charge in [0.05, 0.1) is 6.54 Å². The van der Waals surface area contributed by atoms with Gasteiger partial charge in [0, 0.05) is 7.05 Å². The van der Waals surface area contributed by atoms with Crippen molar-refractivity contribution in [3.63, 3.8) is 0 Å². The van der Waals surface area contributed by atoms with Gasteiger partial charge in [-0.25, -0.2) is 14.2 Å². The van der Waals surface area contributed by atoms with Gasteiger partial charge in [-0.2, -0.15) is 0 Å². The lowest BCUT2D eigenvalue weighted by molar-refractivity contribution is 0.356. The van der Waals surface area contributed by atoms with Crippen LogP contribution in [0.15, 0.2) is 56.8 Å². The van der Waals surface area contributed by atoms with Gasteiger partial charge < -0.3 is 4.98 Å². The molecule has 28 heavy (non-hydrogen) atoms. The number of H-pyrrole nitrogens is 1. The molecule has 0 fully saturated rings. The molecule has 2 aromatic heterocycles. The predicted molar refractivity (Wildman–Crippen MR) is 104 cm³/mol. The number of halogens is 1. The number of hydrogen-bond acceptors (Lipinski definition) is 4. The maximum absolute atomic E-state index is 13.7. The van der Waals surface area contributed by atoms with E-state index in [0.29, 0.717) is 0 Å². The van der Waals surface area contributed by atoms with Crippen LogP contribution in [0.25, 0.3) is 21.8 Å². The molecule has 2 heterocycles. The minimum atomic E-state index is -1.56. The smallest absolute Gasteiger partial charge is 0.306 e. The molecule has 4 aromatic rings. The van der Waals surface area contributed by atoms with Crippen LogP contribution in [0.5, 0.6) is 0 Å². The molecule has 7 nitrogen and oxygen atoms in total. The quantitative estimate of drug-likeness (QED) is 0.589. The van der Waals surface area contributed by atoms with Crippen molar-refractivity contribution in [2.45, 2.75) is 19.6 Å². The average Bonchev–Trinajstić information content (AvgIpc) is 2.69. The zero-order valence-electron chi connectivity index (χ0n) is 15.3. The lowest BCUT2D eigenvalue weighted by atomic mass is 10.0. The van der Waals surface area contributed by atoms with E-state index in [2.05, 4.69) is 9.97 Å². The standard InChI is InChI=1S/C20H17FN4O3/c1-11(21)17-22-15-16(18(26)23-17)25(20(28)24(2)19(15)27)10-13-8-5-7-12-6-3-4-9-14(12)13/h3-9,11H,10H2,1-2H3,(H,22,23,26). The summed E-state index contributed by atoms with van der Waals surface area (Å²) in [7, 11) is 1.31. The van der Waals surface area contributed by atoms with E-state index in [4.69, 9.17) is 0 Å². The largest absolute Gasteiger partial charge is 0.331 e. The summed E-state index contributed by atoms with van der Waals surface area (Å²) in [4.78, 5) is 44.2. The number of aromatic nitrogens is 4. The number of hydrogen-bond donors (Lipinski definition) is 1. The van der Waals surface area contributed by atoms with Gasteiger partial charge in [0.2, 0.25) is 0 Å². The normalized spacial score (nSPS) is 12.5. The fraction of sp³-hybridized carbons (Fsp3) is 0.200. The first-order chi connectivity index (χ1) is 13.4. The number of aromatic amines is 1. The van der Waals surface area contributed by atoms with Crippen molar-refractivity contribution in [1.82, 2.24) is 19.1 Å². The highest BCUT2D eigenvalue weighted by Gasteiger charge is 2.19. The Labute approximate surface area is 157 Å². The molecule has 0 bridgehead atoms. The van der Waals surface area contributed by atoms with Crippen molar-refractivity contribution < 1.29 is 4.39 Å². The summed E-state index contributed by atoms with van der Waals surface area (Å²) >= 11 is 0. The molecule has 0 radical (unpaired) electrons. The highest BCUT2D eigenvalue weighted by atomic mass is 19.1. The van der Waals surface area contributed by atoms with Crippen LogP contribution in [-0.2, 0) is 13.6 Å². The second kappa shape index (κ2) is 6.56. The van der Waals surface area contributed by atoms with Crippen molar-refractivity contribution in [2.75, 3.05) is 0 Å². The fourth-order valence-corrected chi connectivity index (χ4v) is 3.34. The summed E-state index contributed by atoms with van der Waals surface area (Å²) in [6.45, 7) is 1.28. The maximum Gasteiger partial charge on any atom is 0.331 e. The summed E-state index contributed by atoms with van der Waals surface area (Å²) in [6, 6.07) is 13.3. The van der Waals surface area contributed by atoms with Gasteiger partial charge in [0.1, 0.15) is 11.3 Å². The maximum atomic E-state index is 13.7. The van der Waals surface area contributed by atoms with Crippen LogP contribution in [0.1, 0.15) is 24.5 Å². The molecule has 4 rings (SSSR count). The summed E-state index contributed by atoms with van der Waals surface area (Å²) in [5, 5.41) is 1.92. The number of nitrogens with zero attached hydrogens (tertiary/aromatic N) is 3. The zero-order chi connectivity index (χ0) is 20.0. The van der Waals surface area contributed by atoms with E-state index < -0.39 is 23.0 Å². The highest BCUT2D eigenvalue weighted by Crippen LogP contribution is 2.20.